The van der Waals surface area contributed by atoms with E-state index in [0.29, 0.717) is 17.7 Å². The van der Waals surface area contributed by atoms with E-state index in [0.717, 1.165) is 0 Å². The van der Waals surface area contributed by atoms with E-state index < -0.39 is 0 Å². The Morgan fingerprint density at radius 2 is 2.27 bits per heavy atom. The third-order valence-corrected chi connectivity index (χ3v) is 2.20. The summed E-state index contributed by atoms with van der Waals surface area (Å²) in [6, 6.07) is 1.35. The topological polar surface area (TPSA) is 31.4 Å². The van der Waals surface area contributed by atoms with Gasteiger partial charge in [0.25, 0.3) is 0 Å². The molecule has 0 amide bonds. The predicted octanol–water partition coefficient (Wildman–Crippen LogP) is 2.56. The van der Waals surface area contributed by atoms with Crippen LogP contribution in [0, 0.1) is 5.82 Å². The molecule has 0 radical (unpaired) electrons. The van der Waals surface area contributed by atoms with Gasteiger partial charge in [-0.25, -0.2) is 9.37 Å². The number of pyridine rings is 1. The van der Waals surface area contributed by atoms with Gasteiger partial charge in [-0.1, -0.05) is 18.5 Å². The molecule has 1 aromatic rings. The van der Waals surface area contributed by atoms with E-state index >= 15 is 0 Å². The third kappa shape index (κ3) is 3.41. The van der Waals surface area contributed by atoms with Crippen LogP contribution < -0.4 is 0 Å². The number of ether oxygens (including phenoxy) is 2. The smallest absolute Gasteiger partial charge is 0.146 e. The van der Waals surface area contributed by atoms with E-state index in [1.54, 1.807) is 0 Å². The Balaban J connectivity index is 2.76. The molecule has 0 saturated heterocycles. The first-order valence-electron chi connectivity index (χ1n) is 4.59. The highest BCUT2D eigenvalue weighted by molar-refractivity contribution is 6.30. The van der Waals surface area contributed by atoms with Crippen LogP contribution in [0.3, 0.4) is 0 Å². The summed E-state index contributed by atoms with van der Waals surface area (Å²) in [5.74, 6) is -0.349. The summed E-state index contributed by atoms with van der Waals surface area (Å²) < 4.78 is 23.1. The highest BCUT2D eigenvalue weighted by Crippen LogP contribution is 2.18. The molecule has 5 heteroatoms. The van der Waals surface area contributed by atoms with Crippen molar-refractivity contribution in [2.45, 2.75) is 20.0 Å². The van der Waals surface area contributed by atoms with Crippen molar-refractivity contribution >= 4 is 11.6 Å². The maximum atomic E-state index is 13.3. The fourth-order valence-corrected chi connectivity index (χ4v) is 1.33. The van der Waals surface area contributed by atoms with Crippen LogP contribution in [-0.4, -0.2) is 18.9 Å². The van der Waals surface area contributed by atoms with Crippen molar-refractivity contribution in [2.24, 2.45) is 0 Å². The van der Waals surface area contributed by atoms with Gasteiger partial charge in [-0.15, -0.1) is 0 Å². The number of aryl methyl sites for hydroxylation is 1. The number of aromatic nitrogens is 1. The normalized spacial score (nSPS) is 10.7. The maximum Gasteiger partial charge on any atom is 0.146 e. The number of hydrogen-bond donors (Lipinski definition) is 0. The number of halogens is 2. The van der Waals surface area contributed by atoms with Gasteiger partial charge in [0.05, 0.1) is 12.3 Å². The summed E-state index contributed by atoms with van der Waals surface area (Å²) in [7, 11) is 1.51. The molecule has 1 heterocycles. The lowest BCUT2D eigenvalue weighted by Gasteiger charge is -2.07. The lowest BCUT2D eigenvalue weighted by molar-refractivity contribution is -0.0391. The fraction of sp³-hybridized carbons (Fsp3) is 0.500. The highest BCUT2D eigenvalue weighted by Gasteiger charge is 2.09. The van der Waals surface area contributed by atoms with Gasteiger partial charge in [-0.2, -0.15) is 0 Å². The Labute approximate surface area is 93.2 Å². The Hall–Kier alpha value is -0.710. The minimum absolute atomic E-state index is 0.146. The largest absolute Gasteiger partial charge is 0.359 e. The van der Waals surface area contributed by atoms with Crippen molar-refractivity contribution in [3.05, 3.63) is 28.3 Å². The van der Waals surface area contributed by atoms with Crippen LogP contribution >= 0.6 is 11.6 Å². The monoisotopic (exact) mass is 233 g/mol. The highest BCUT2D eigenvalue weighted by atomic mass is 35.5. The molecule has 0 saturated carbocycles. The summed E-state index contributed by atoms with van der Waals surface area (Å²) in [5.41, 5.74) is 0.902. The molecule has 84 valence electrons. The van der Waals surface area contributed by atoms with Crippen LogP contribution in [0.15, 0.2) is 6.07 Å². The standard InChI is InChI=1S/C10H13ClFNO2/c1-3-9-8(12)4-7(10(11)13-9)5-15-6-14-2/h4H,3,5-6H2,1-2H3. The average molecular weight is 234 g/mol. The van der Waals surface area contributed by atoms with Crippen molar-refractivity contribution in [2.75, 3.05) is 13.9 Å². The first-order valence-corrected chi connectivity index (χ1v) is 4.97. The zero-order chi connectivity index (χ0) is 11.3. The lowest BCUT2D eigenvalue weighted by atomic mass is 10.2. The van der Waals surface area contributed by atoms with Gasteiger partial charge in [-0.3, -0.25) is 0 Å². The second kappa shape index (κ2) is 6.00. The summed E-state index contributed by atoms with van der Waals surface area (Å²) in [4.78, 5) is 3.94. The Morgan fingerprint density at radius 3 is 2.87 bits per heavy atom. The first kappa shape index (κ1) is 12.4. The average Bonchev–Trinajstić information content (AvgIpc) is 2.23. The quantitative estimate of drug-likeness (QED) is 0.445. The molecule has 0 aliphatic carbocycles. The molecule has 0 bridgehead atoms. The summed E-state index contributed by atoms with van der Waals surface area (Å²) >= 11 is 5.86. The number of hydrogen-bond acceptors (Lipinski definition) is 3. The Bertz CT molecular complexity index is 333. The van der Waals surface area contributed by atoms with Crippen LogP contribution in [0.5, 0.6) is 0 Å². The fourth-order valence-electron chi connectivity index (χ4n) is 1.12. The van der Waals surface area contributed by atoms with Gasteiger partial charge < -0.3 is 9.47 Å². The van der Waals surface area contributed by atoms with Crippen LogP contribution in [0.2, 0.25) is 5.15 Å². The van der Waals surface area contributed by atoms with E-state index in [9.17, 15) is 4.39 Å². The van der Waals surface area contributed by atoms with E-state index in [-0.39, 0.29) is 24.4 Å². The molecule has 0 aliphatic rings. The number of nitrogens with zero attached hydrogens (tertiary/aromatic N) is 1. The molecule has 1 rings (SSSR count). The molecular formula is C10H13ClFNO2. The number of methoxy groups -OCH3 is 1. The summed E-state index contributed by atoms with van der Waals surface area (Å²) in [6.07, 6.45) is 0.519. The Morgan fingerprint density at radius 1 is 1.53 bits per heavy atom. The van der Waals surface area contributed by atoms with Crippen molar-refractivity contribution < 1.29 is 13.9 Å². The van der Waals surface area contributed by atoms with Crippen LogP contribution in [0.4, 0.5) is 4.39 Å². The SMILES string of the molecule is CCc1nc(Cl)c(COCOC)cc1F. The van der Waals surface area contributed by atoms with Crippen LogP contribution in [0.25, 0.3) is 0 Å². The molecular weight excluding hydrogens is 221 g/mol. The van der Waals surface area contributed by atoms with Crippen LogP contribution in [0.1, 0.15) is 18.2 Å². The second-order valence-electron chi connectivity index (χ2n) is 2.98. The summed E-state index contributed by atoms with van der Waals surface area (Å²) in [6.45, 7) is 2.16. The second-order valence-corrected chi connectivity index (χ2v) is 3.33. The zero-order valence-electron chi connectivity index (χ0n) is 8.72. The molecule has 0 aromatic carbocycles. The van der Waals surface area contributed by atoms with Gasteiger partial charge in [0.15, 0.2) is 0 Å². The van der Waals surface area contributed by atoms with Gasteiger partial charge >= 0.3 is 0 Å². The van der Waals surface area contributed by atoms with Crippen molar-refractivity contribution in [3.63, 3.8) is 0 Å². The third-order valence-electron chi connectivity index (χ3n) is 1.87. The van der Waals surface area contributed by atoms with Crippen LogP contribution in [-0.2, 0) is 22.5 Å². The van der Waals surface area contributed by atoms with Gasteiger partial charge in [-0.05, 0) is 12.5 Å². The van der Waals surface area contributed by atoms with Gasteiger partial charge in [0.1, 0.15) is 17.8 Å². The molecule has 15 heavy (non-hydrogen) atoms. The van der Waals surface area contributed by atoms with E-state index in [1.165, 1.54) is 13.2 Å². The first-order chi connectivity index (χ1) is 7.19. The van der Waals surface area contributed by atoms with Crippen molar-refractivity contribution in [1.29, 1.82) is 0 Å². The molecule has 0 spiro atoms. The molecule has 0 aliphatic heterocycles. The molecule has 1 aromatic heterocycles. The van der Waals surface area contributed by atoms with E-state index in [4.69, 9.17) is 21.1 Å². The Kier molecular flexibility index (Phi) is 4.94. The van der Waals surface area contributed by atoms with Gasteiger partial charge in [0, 0.05) is 12.7 Å². The van der Waals surface area contributed by atoms with Crippen molar-refractivity contribution in [1.82, 2.24) is 4.98 Å². The molecule has 0 N–H and O–H groups in total. The minimum atomic E-state index is -0.349. The minimum Gasteiger partial charge on any atom is -0.359 e. The molecule has 0 fully saturated rings. The van der Waals surface area contributed by atoms with E-state index in [1.807, 2.05) is 6.92 Å². The maximum absolute atomic E-state index is 13.3. The molecule has 3 nitrogen and oxygen atoms in total. The summed E-state index contributed by atoms with van der Waals surface area (Å²) in [5, 5.41) is 0.282. The van der Waals surface area contributed by atoms with Gasteiger partial charge in [0.2, 0.25) is 0 Å². The molecule has 0 unspecified atom stereocenters. The molecule has 0 atom stereocenters. The predicted molar refractivity (Wildman–Crippen MR) is 55.2 cm³/mol. The van der Waals surface area contributed by atoms with Crippen molar-refractivity contribution in [3.8, 4) is 0 Å². The van der Waals surface area contributed by atoms with E-state index in [2.05, 4.69) is 4.98 Å². The number of rotatable bonds is 5. The zero-order valence-corrected chi connectivity index (χ0v) is 9.47. The lowest BCUT2D eigenvalue weighted by Crippen LogP contribution is -2.02.